The number of aliphatic hydroxyl groups is 1. The third-order valence-corrected chi connectivity index (χ3v) is 2.97. The molecule has 4 heteroatoms. The van der Waals surface area contributed by atoms with E-state index in [9.17, 15) is 0 Å². The fraction of sp³-hybridized carbons (Fsp3) is 0.429. The Morgan fingerprint density at radius 3 is 2.83 bits per heavy atom. The quantitative estimate of drug-likeness (QED) is 0.793. The highest BCUT2D eigenvalue weighted by atomic mass is 16.2. The summed E-state index contributed by atoms with van der Waals surface area (Å²) in [6, 6.07) is 7.99. The Labute approximate surface area is 107 Å². The molecule has 1 aromatic heterocycles. The van der Waals surface area contributed by atoms with E-state index in [1.54, 1.807) is 0 Å². The van der Waals surface area contributed by atoms with Gasteiger partial charge in [0.2, 0.25) is 5.95 Å². The van der Waals surface area contributed by atoms with Crippen molar-refractivity contribution in [3.05, 3.63) is 30.5 Å². The minimum Gasteiger partial charge on any atom is -0.396 e. The lowest BCUT2D eigenvalue weighted by molar-refractivity contribution is 0.283. The van der Waals surface area contributed by atoms with Crippen LogP contribution in [0.4, 0.5) is 5.95 Å². The van der Waals surface area contributed by atoms with Crippen LogP contribution in [0.1, 0.15) is 19.3 Å². The highest BCUT2D eigenvalue weighted by molar-refractivity contribution is 5.78. The Kier molecular flexibility index (Phi) is 4.47. The fourth-order valence-electron chi connectivity index (χ4n) is 1.88. The summed E-state index contributed by atoms with van der Waals surface area (Å²) in [5, 5.41) is 9.79. The Hall–Kier alpha value is -1.68. The summed E-state index contributed by atoms with van der Waals surface area (Å²) in [4.78, 5) is 11.0. The molecule has 0 atom stereocenters. The molecule has 0 saturated heterocycles. The predicted octanol–water partition coefficient (Wildman–Crippen LogP) is 2.23. The lowest BCUT2D eigenvalue weighted by Crippen LogP contribution is -2.21. The molecule has 0 aliphatic heterocycles. The van der Waals surface area contributed by atoms with Gasteiger partial charge in [0.25, 0.3) is 0 Å². The predicted molar refractivity (Wildman–Crippen MR) is 73.7 cm³/mol. The number of para-hydroxylation sites is 1. The van der Waals surface area contributed by atoms with Gasteiger partial charge in [-0.05, 0) is 25.3 Å². The van der Waals surface area contributed by atoms with Gasteiger partial charge < -0.3 is 10.0 Å². The molecule has 1 heterocycles. The molecule has 18 heavy (non-hydrogen) atoms. The lowest BCUT2D eigenvalue weighted by Gasteiger charge is -2.16. The lowest BCUT2D eigenvalue weighted by atomic mass is 10.2. The zero-order chi connectivity index (χ0) is 12.8. The number of hydrogen-bond donors (Lipinski definition) is 1. The van der Waals surface area contributed by atoms with Crippen molar-refractivity contribution in [1.29, 1.82) is 0 Å². The van der Waals surface area contributed by atoms with Crippen molar-refractivity contribution >= 4 is 16.9 Å². The second-order valence-electron chi connectivity index (χ2n) is 4.43. The first-order valence-electron chi connectivity index (χ1n) is 6.35. The first kappa shape index (κ1) is 12.8. The molecule has 1 aromatic carbocycles. The minimum atomic E-state index is 0.274. The van der Waals surface area contributed by atoms with Crippen LogP contribution in [0.3, 0.4) is 0 Å². The maximum atomic E-state index is 8.73. The number of rotatable bonds is 6. The third kappa shape index (κ3) is 3.17. The van der Waals surface area contributed by atoms with E-state index in [0.717, 1.165) is 42.7 Å². The number of anilines is 1. The molecule has 1 N–H and O–H groups in total. The fourth-order valence-corrected chi connectivity index (χ4v) is 1.88. The normalized spacial score (nSPS) is 10.8. The number of nitrogens with zero attached hydrogens (tertiary/aromatic N) is 3. The summed E-state index contributed by atoms with van der Waals surface area (Å²) in [6.45, 7) is 1.19. The molecule has 0 spiro atoms. The van der Waals surface area contributed by atoms with Gasteiger partial charge in [-0.25, -0.2) is 9.97 Å². The standard InChI is InChI=1S/C14H19N3O/c1-17(9-5-2-6-10-18)14-15-11-12-7-3-4-8-13(12)16-14/h3-4,7-8,11,18H,2,5-6,9-10H2,1H3. The molecule has 0 radical (unpaired) electrons. The van der Waals surface area contributed by atoms with Crippen LogP contribution in [0.5, 0.6) is 0 Å². The van der Waals surface area contributed by atoms with Crippen molar-refractivity contribution in [3.63, 3.8) is 0 Å². The maximum Gasteiger partial charge on any atom is 0.225 e. The van der Waals surface area contributed by atoms with E-state index in [1.165, 1.54) is 0 Å². The number of aliphatic hydroxyl groups excluding tert-OH is 1. The summed E-state index contributed by atoms with van der Waals surface area (Å²) in [5.41, 5.74) is 0.977. The SMILES string of the molecule is CN(CCCCCO)c1ncc2ccccc2n1. The van der Waals surface area contributed by atoms with Crippen molar-refractivity contribution < 1.29 is 5.11 Å². The highest BCUT2D eigenvalue weighted by Crippen LogP contribution is 2.14. The molecular formula is C14H19N3O. The zero-order valence-corrected chi connectivity index (χ0v) is 10.7. The molecule has 0 bridgehead atoms. The molecule has 96 valence electrons. The number of fused-ring (bicyclic) bond motifs is 1. The minimum absolute atomic E-state index is 0.274. The van der Waals surface area contributed by atoms with E-state index >= 15 is 0 Å². The van der Waals surface area contributed by atoms with E-state index in [0.29, 0.717) is 0 Å². The van der Waals surface area contributed by atoms with E-state index in [-0.39, 0.29) is 6.61 Å². The number of aromatic nitrogens is 2. The maximum absolute atomic E-state index is 8.73. The van der Waals surface area contributed by atoms with Crippen LogP contribution in [0.15, 0.2) is 30.5 Å². The van der Waals surface area contributed by atoms with Crippen LogP contribution in [0.2, 0.25) is 0 Å². The summed E-state index contributed by atoms with van der Waals surface area (Å²) < 4.78 is 0. The second-order valence-corrected chi connectivity index (χ2v) is 4.43. The van der Waals surface area contributed by atoms with Gasteiger partial charge in [0, 0.05) is 31.8 Å². The Bertz CT molecular complexity index is 501. The van der Waals surface area contributed by atoms with Crippen LogP contribution in [-0.4, -0.2) is 35.3 Å². The average Bonchev–Trinajstić information content (AvgIpc) is 2.43. The smallest absolute Gasteiger partial charge is 0.225 e. The summed E-state index contributed by atoms with van der Waals surface area (Å²) in [6.07, 6.45) is 4.82. The second kappa shape index (κ2) is 6.31. The molecule has 0 unspecified atom stereocenters. The zero-order valence-electron chi connectivity index (χ0n) is 10.7. The van der Waals surface area contributed by atoms with Crippen molar-refractivity contribution in [2.75, 3.05) is 25.1 Å². The van der Waals surface area contributed by atoms with Gasteiger partial charge in [0.05, 0.1) is 5.52 Å². The van der Waals surface area contributed by atoms with Gasteiger partial charge >= 0.3 is 0 Å². The Balaban J connectivity index is 2.01. The first-order valence-corrected chi connectivity index (χ1v) is 6.35. The van der Waals surface area contributed by atoms with Crippen LogP contribution in [0, 0.1) is 0 Å². The van der Waals surface area contributed by atoms with Gasteiger partial charge in [-0.15, -0.1) is 0 Å². The van der Waals surface area contributed by atoms with Gasteiger partial charge in [0.15, 0.2) is 0 Å². The van der Waals surface area contributed by atoms with Crippen molar-refractivity contribution in [2.24, 2.45) is 0 Å². The van der Waals surface area contributed by atoms with Gasteiger partial charge in [-0.2, -0.15) is 0 Å². The Morgan fingerprint density at radius 1 is 1.17 bits per heavy atom. The number of unbranched alkanes of at least 4 members (excludes halogenated alkanes) is 2. The molecule has 2 aromatic rings. The van der Waals surface area contributed by atoms with Crippen LogP contribution < -0.4 is 4.90 Å². The van der Waals surface area contributed by atoms with Gasteiger partial charge in [-0.1, -0.05) is 18.2 Å². The van der Waals surface area contributed by atoms with Gasteiger partial charge in [0.1, 0.15) is 0 Å². The largest absolute Gasteiger partial charge is 0.396 e. The molecule has 0 aliphatic rings. The third-order valence-electron chi connectivity index (χ3n) is 2.97. The summed E-state index contributed by atoms with van der Waals surface area (Å²) >= 11 is 0. The van der Waals surface area contributed by atoms with Crippen LogP contribution >= 0.6 is 0 Å². The molecule has 0 saturated carbocycles. The molecule has 4 nitrogen and oxygen atoms in total. The van der Waals surface area contributed by atoms with Crippen molar-refractivity contribution in [2.45, 2.75) is 19.3 Å². The Morgan fingerprint density at radius 2 is 2.00 bits per heavy atom. The molecule has 0 aliphatic carbocycles. The molecular weight excluding hydrogens is 226 g/mol. The van der Waals surface area contributed by atoms with E-state index in [4.69, 9.17) is 5.11 Å². The topological polar surface area (TPSA) is 49.2 Å². The summed E-state index contributed by atoms with van der Waals surface area (Å²) in [5.74, 6) is 0.762. The monoisotopic (exact) mass is 245 g/mol. The van der Waals surface area contributed by atoms with Crippen LogP contribution in [0.25, 0.3) is 10.9 Å². The highest BCUT2D eigenvalue weighted by Gasteiger charge is 2.04. The summed E-state index contributed by atoms with van der Waals surface area (Å²) in [7, 11) is 2.00. The average molecular weight is 245 g/mol. The first-order chi connectivity index (χ1) is 8.81. The molecule has 0 fully saturated rings. The number of benzene rings is 1. The van der Waals surface area contributed by atoms with Crippen molar-refractivity contribution in [3.8, 4) is 0 Å². The molecule has 2 rings (SSSR count). The van der Waals surface area contributed by atoms with Crippen LogP contribution in [-0.2, 0) is 0 Å². The van der Waals surface area contributed by atoms with E-state index < -0.39 is 0 Å². The molecule has 0 amide bonds. The van der Waals surface area contributed by atoms with Crippen molar-refractivity contribution in [1.82, 2.24) is 9.97 Å². The van der Waals surface area contributed by atoms with Gasteiger partial charge in [-0.3, -0.25) is 0 Å². The number of hydrogen-bond acceptors (Lipinski definition) is 4. The van der Waals surface area contributed by atoms with E-state index in [1.807, 2.05) is 37.5 Å². The van der Waals surface area contributed by atoms with E-state index in [2.05, 4.69) is 14.9 Å².